The lowest BCUT2D eigenvalue weighted by Crippen LogP contribution is -2.46. The quantitative estimate of drug-likeness (QED) is 0.339. The van der Waals surface area contributed by atoms with Crippen LogP contribution in [-0.4, -0.2) is 25.3 Å². The van der Waals surface area contributed by atoms with Crippen molar-refractivity contribution in [1.29, 1.82) is 0 Å². The zero-order chi connectivity index (χ0) is 23.9. The molecule has 1 aliphatic carbocycles. The molecule has 0 N–H and O–H groups in total. The second-order valence-electron chi connectivity index (χ2n) is 8.42. The molecule has 0 radical (unpaired) electrons. The van der Waals surface area contributed by atoms with Crippen molar-refractivity contribution >= 4 is 27.2 Å². The fourth-order valence-electron chi connectivity index (χ4n) is 3.88. The predicted octanol–water partition coefficient (Wildman–Crippen LogP) is 6.23. The Kier molecular flexibility index (Phi) is 6.64. The molecule has 0 saturated heterocycles. The monoisotopic (exact) mass is 492 g/mol. The largest absolute Gasteiger partial charge is 0.573 e. The molecule has 0 atom stereocenters. The van der Waals surface area contributed by atoms with Gasteiger partial charge in [0, 0.05) is 12.0 Å². The van der Waals surface area contributed by atoms with Crippen LogP contribution >= 0.6 is 11.6 Å². The lowest BCUT2D eigenvalue weighted by atomic mass is 9.67. The topological polar surface area (TPSA) is 60.4 Å². The van der Waals surface area contributed by atoms with Crippen LogP contribution in [0.25, 0.3) is 0 Å². The van der Waals surface area contributed by atoms with Crippen LogP contribution in [0.4, 0.5) is 17.6 Å². The molecule has 0 aromatic heterocycles. The third-order valence-electron chi connectivity index (χ3n) is 5.98. The number of carbonyl (C=O) groups is 1. The van der Waals surface area contributed by atoms with Crippen molar-refractivity contribution in [1.82, 2.24) is 0 Å². The highest BCUT2D eigenvalue weighted by atomic mass is 35.5. The summed E-state index contributed by atoms with van der Waals surface area (Å²) in [5, 5.41) is -0.147. The second kappa shape index (κ2) is 8.67. The molecule has 0 aliphatic heterocycles. The van der Waals surface area contributed by atoms with Crippen LogP contribution in [0.2, 0.25) is 5.02 Å². The number of Topliss-reactive ketones (excluding diaryl/α,β-unsaturated/α-hetero) is 1. The van der Waals surface area contributed by atoms with E-state index in [1.807, 2.05) is 0 Å². The van der Waals surface area contributed by atoms with Crippen LogP contribution in [0.15, 0.2) is 47.4 Å². The Labute approximate surface area is 188 Å². The van der Waals surface area contributed by atoms with Crippen molar-refractivity contribution in [3.63, 3.8) is 0 Å². The van der Waals surface area contributed by atoms with Crippen molar-refractivity contribution in [2.45, 2.75) is 49.1 Å². The molecule has 0 heterocycles. The van der Waals surface area contributed by atoms with E-state index in [0.717, 1.165) is 18.2 Å². The van der Waals surface area contributed by atoms with Crippen LogP contribution < -0.4 is 4.74 Å². The first-order valence-electron chi connectivity index (χ1n) is 9.79. The number of hydrogen-bond donors (Lipinski definition) is 0. The van der Waals surface area contributed by atoms with Gasteiger partial charge in [-0.3, -0.25) is 4.79 Å². The average Bonchev–Trinajstić information content (AvgIpc) is 2.64. The smallest absolute Gasteiger partial charge is 0.406 e. The third kappa shape index (κ3) is 5.09. The molecule has 0 spiro atoms. The van der Waals surface area contributed by atoms with Gasteiger partial charge in [-0.15, -0.1) is 13.2 Å². The van der Waals surface area contributed by atoms with E-state index in [2.05, 4.69) is 4.74 Å². The van der Waals surface area contributed by atoms with Gasteiger partial charge in [0.15, 0.2) is 15.6 Å². The Morgan fingerprint density at radius 1 is 1.12 bits per heavy atom. The van der Waals surface area contributed by atoms with Crippen LogP contribution in [0.3, 0.4) is 0 Å². The van der Waals surface area contributed by atoms with Gasteiger partial charge in [-0.1, -0.05) is 17.7 Å². The molecular weight excluding hydrogens is 472 g/mol. The third-order valence-corrected chi connectivity index (χ3v) is 8.86. The van der Waals surface area contributed by atoms with E-state index in [4.69, 9.17) is 11.6 Å². The van der Waals surface area contributed by atoms with Gasteiger partial charge >= 0.3 is 6.36 Å². The van der Waals surface area contributed by atoms with Gasteiger partial charge in [-0.25, -0.2) is 12.8 Å². The summed E-state index contributed by atoms with van der Waals surface area (Å²) in [5.41, 5.74) is 0.285. The molecule has 0 unspecified atom stereocenters. The summed E-state index contributed by atoms with van der Waals surface area (Å²) in [4.78, 5) is 12.2. The first-order chi connectivity index (χ1) is 14.7. The number of carbonyl (C=O) groups excluding carboxylic acids is 1. The first kappa shape index (κ1) is 24.5. The van der Waals surface area contributed by atoms with Gasteiger partial charge in [-0.2, -0.15) is 0 Å². The van der Waals surface area contributed by atoms with E-state index >= 15 is 0 Å². The minimum Gasteiger partial charge on any atom is -0.406 e. The van der Waals surface area contributed by atoms with Crippen LogP contribution in [0.5, 0.6) is 5.75 Å². The summed E-state index contributed by atoms with van der Waals surface area (Å²) >= 11 is 5.72. The molecular formula is C22H21ClF4O4S. The molecule has 2 aromatic carbocycles. The van der Waals surface area contributed by atoms with Crippen LogP contribution in [0.1, 0.15) is 43.5 Å². The average molecular weight is 493 g/mol. The molecule has 0 amide bonds. The maximum Gasteiger partial charge on any atom is 0.573 e. The minimum atomic E-state index is -4.93. The highest BCUT2D eigenvalue weighted by Crippen LogP contribution is 2.48. The summed E-state index contributed by atoms with van der Waals surface area (Å²) in [6, 6.07) is 8.06. The predicted molar refractivity (Wildman–Crippen MR) is 111 cm³/mol. The van der Waals surface area contributed by atoms with Crippen molar-refractivity contribution in [3.8, 4) is 5.75 Å². The van der Waals surface area contributed by atoms with Gasteiger partial charge < -0.3 is 4.74 Å². The van der Waals surface area contributed by atoms with E-state index in [1.165, 1.54) is 38.1 Å². The standard InChI is InChI=1S/C22H21ClF4O4S/c1-21(2,32(29,30)17-5-3-4-16(12-17)31-22(25,26)27)15-8-13(9-15)10-20(28)14-6-7-19(24)18(23)11-14/h3-7,11-13,15H,8-10H2,1-2H3. The number of hydrogen-bond acceptors (Lipinski definition) is 4. The molecule has 174 valence electrons. The second-order valence-corrected chi connectivity index (χ2v) is 11.4. The maximum absolute atomic E-state index is 13.3. The summed E-state index contributed by atoms with van der Waals surface area (Å²) in [6.45, 7) is 3.06. The van der Waals surface area contributed by atoms with E-state index in [0.29, 0.717) is 12.8 Å². The van der Waals surface area contributed by atoms with Crippen LogP contribution in [-0.2, 0) is 9.84 Å². The van der Waals surface area contributed by atoms with E-state index in [1.54, 1.807) is 0 Å². The Hall–Kier alpha value is -2.13. The van der Waals surface area contributed by atoms with Gasteiger partial charge in [0.25, 0.3) is 0 Å². The number of alkyl halides is 3. The Balaban J connectivity index is 1.68. The number of sulfone groups is 1. The Morgan fingerprint density at radius 3 is 2.38 bits per heavy atom. The summed E-state index contributed by atoms with van der Waals surface area (Å²) in [5.74, 6) is -1.78. The molecule has 3 rings (SSSR count). The molecule has 10 heteroatoms. The highest BCUT2D eigenvalue weighted by molar-refractivity contribution is 7.92. The number of rotatable bonds is 7. The fourth-order valence-corrected chi connectivity index (χ4v) is 5.83. The van der Waals surface area contributed by atoms with E-state index in [-0.39, 0.29) is 39.5 Å². The summed E-state index contributed by atoms with van der Waals surface area (Å²) in [7, 11) is -3.98. The number of ether oxygens (including phenoxy) is 1. The van der Waals surface area contributed by atoms with Crippen molar-refractivity contribution in [3.05, 3.63) is 58.9 Å². The van der Waals surface area contributed by atoms with Crippen molar-refractivity contribution in [2.24, 2.45) is 11.8 Å². The summed E-state index contributed by atoms with van der Waals surface area (Å²) < 4.78 is 79.6. The number of benzene rings is 2. The number of halogens is 5. The van der Waals surface area contributed by atoms with Crippen molar-refractivity contribution < 1.29 is 35.5 Å². The van der Waals surface area contributed by atoms with Gasteiger partial charge in [0.05, 0.1) is 14.7 Å². The molecule has 4 nitrogen and oxygen atoms in total. The molecule has 1 saturated carbocycles. The van der Waals surface area contributed by atoms with Gasteiger partial charge in [0.2, 0.25) is 0 Å². The van der Waals surface area contributed by atoms with E-state index < -0.39 is 32.5 Å². The molecule has 2 aromatic rings. The number of ketones is 1. The van der Waals surface area contributed by atoms with Gasteiger partial charge in [0.1, 0.15) is 11.6 Å². The highest BCUT2D eigenvalue weighted by Gasteiger charge is 2.48. The minimum absolute atomic E-state index is 0.0503. The molecule has 1 aliphatic rings. The lowest BCUT2D eigenvalue weighted by Gasteiger charge is -2.44. The zero-order valence-electron chi connectivity index (χ0n) is 17.2. The zero-order valence-corrected chi connectivity index (χ0v) is 18.8. The lowest BCUT2D eigenvalue weighted by molar-refractivity contribution is -0.274. The SMILES string of the molecule is CC(C)(C1CC(CC(=O)c2ccc(F)c(Cl)c2)C1)S(=O)(=O)c1cccc(OC(F)(F)F)c1. The summed E-state index contributed by atoms with van der Waals surface area (Å²) in [6.07, 6.45) is -3.83. The first-order valence-corrected chi connectivity index (χ1v) is 11.7. The van der Waals surface area contributed by atoms with E-state index in [9.17, 15) is 30.8 Å². The molecule has 32 heavy (non-hydrogen) atoms. The Bertz CT molecular complexity index is 1120. The normalized spacial score (nSPS) is 19.3. The maximum atomic E-state index is 13.3. The van der Waals surface area contributed by atoms with Crippen molar-refractivity contribution in [2.75, 3.05) is 0 Å². The Morgan fingerprint density at radius 2 is 1.78 bits per heavy atom. The molecule has 1 fully saturated rings. The molecule has 0 bridgehead atoms. The van der Waals surface area contributed by atoms with Crippen LogP contribution in [0, 0.1) is 17.7 Å². The fraction of sp³-hybridized carbons (Fsp3) is 0.409. The van der Waals surface area contributed by atoms with Gasteiger partial charge in [-0.05, 0) is 74.9 Å².